The molecule has 84 valence electrons. The van der Waals surface area contributed by atoms with Crippen molar-refractivity contribution in [3.05, 3.63) is 27.2 Å². The molecule has 0 spiro atoms. The van der Waals surface area contributed by atoms with E-state index in [9.17, 15) is 0 Å². The van der Waals surface area contributed by atoms with Crippen molar-refractivity contribution >= 4 is 40.5 Å². The van der Waals surface area contributed by atoms with Crippen LogP contribution in [0.5, 0.6) is 0 Å². The van der Waals surface area contributed by atoms with E-state index in [0.717, 1.165) is 0 Å². The molecule has 0 saturated heterocycles. The zero-order chi connectivity index (χ0) is 11.4. The van der Waals surface area contributed by atoms with Gasteiger partial charge in [-0.3, -0.25) is 0 Å². The Bertz CT molecular complexity index is 320. The third-order valence-electron chi connectivity index (χ3n) is 1.98. The summed E-state index contributed by atoms with van der Waals surface area (Å²) in [5, 5.41) is 4.66. The Kier molecular flexibility index (Phi) is 5.00. The van der Waals surface area contributed by atoms with E-state index in [2.05, 4.69) is 5.32 Å². The number of anilines is 1. The number of hydrogen-bond donors (Lipinski definition) is 1. The van der Waals surface area contributed by atoms with E-state index in [4.69, 9.17) is 39.5 Å². The van der Waals surface area contributed by atoms with Gasteiger partial charge in [-0.1, -0.05) is 34.8 Å². The zero-order valence-corrected chi connectivity index (χ0v) is 10.7. The van der Waals surface area contributed by atoms with Crippen LogP contribution >= 0.6 is 34.8 Å². The summed E-state index contributed by atoms with van der Waals surface area (Å²) in [6.07, 6.45) is 0.0906. The molecule has 0 fully saturated rings. The lowest BCUT2D eigenvalue weighted by Crippen LogP contribution is -2.18. The van der Waals surface area contributed by atoms with E-state index in [0.29, 0.717) is 27.3 Å². The minimum absolute atomic E-state index is 0.0906. The van der Waals surface area contributed by atoms with Crippen molar-refractivity contribution in [2.24, 2.45) is 0 Å². The van der Waals surface area contributed by atoms with Crippen LogP contribution in [0.4, 0.5) is 5.69 Å². The predicted molar refractivity (Wildman–Crippen MR) is 66.4 cm³/mol. The average molecular weight is 269 g/mol. The third-order valence-corrected chi connectivity index (χ3v) is 2.79. The summed E-state index contributed by atoms with van der Waals surface area (Å²) in [4.78, 5) is 0. The lowest BCUT2D eigenvalue weighted by Gasteiger charge is -2.14. The number of hydrogen-bond acceptors (Lipinski definition) is 2. The predicted octanol–water partition coefficient (Wildman–Crippen LogP) is 4.09. The van der Waals surface area contributed by atoms with Crippen LogP contribution in [0.3, 0.4) is 0 Å². The second-order valence-electron chi connectivity index (χ2n) is 3.17. The van der Waals surface area contributed by atoms with Gasteiger partial charge in [-0.25, -0.2) is 0 Å². The number of nitrogens with one attached hydrogen (secondary N) is 1. The second kappa shape index (κ2) is 5.80. The molecule has 0 bridgehead atoms. The number of benzene rings is 1. The van der Waals surface area contributed by atoms with E-state index in [1.807, 2.05) is 6.92 Å². The monoisotopic (exact) mass is 267 g/mol. The van der Waals surface area contributed by atoms with Gasteiger partial charge in [-0.15, -0.1) is 0 Å². The summed E-state index contributed by atoms with van der Waals surface area (Å²) < 4.78 is 5.10. The molecule has 0 aliphatic heterocycles. The van der Waals surface area contributed by atoms with Crippen LogP contribution in [0, 0.1) is 0 Å². The molecule has 0 aromatic heterocycles. The van der Waals surface area contributed by atoms with Crippen LogP contribution in [0.2, 0.25) is 15.1 Å². The molecule has 1 N–H and O–H groups in total. The molecule has 1 aromatic carbocycles. The van der Waals surface area contributed by atoms with Gasteiger partial charge in [-0.2, -0.15) is 0 Å². The zero-order valence-electron chi connectivity index (χ0n) is 8.48. The molecule has 0 aliphatic carbocycles. The van der Waals surface area contributed by atoms with Gasteiger partial charge < -0.3 is 10.1 Å². The largest absolute Gasteiger partial charge is 0.380 e. The summed E-state index contributed by atoms with van der Waals surface area (Å²) in [6, 6.07) is 3.30. The van der Waals surface area contributed by atoms with Gasteiger partial charge in [0.05, 0.1) is 21.8 Å². The molecule has 1 unspecified atom stereocenters. The van der Waals surface area contributed by atoms with E-state index in [1.165, 1.54) is 0 Å². The molecule has 0 saturated carbocycles. The highest BCUT2D eigenvalue weighted by molar-refractivity contribution is 6.41. The topological polar surface area (TPSA) is 21.3 Å². The van der Waals surface area contributed by atoms with Crippen LogP contribution in [0.15, 0.2) is 12.1 Å². The van der Waals surface area contributed by atoms with E-state index >= 15 is 0 Å². The van der Waals surface area contributed by atoms with Gasteiger partial charge in [0.15, 0.2) is 0 Å². The molecule has 1 aromatic rings. The summed E-state index contributed by atoms with van der Waals surface area (Å²) in [7, 11) is 1.65. The van der Waals surface area contributed by atoms with Crippen molar-refractivity contribution < 1.29 is 4.74 Å². The van der Waals surface area contributed by atoms with E-state index < -0.39 is 0 Å². The Morgan fingerprint density at radius 1 is 1.27 bits per heavy atom. The fraction of sp³-hybridized carbons (Fsp3) is 0.400. The minimum atomic E-state index is 0.0906. The molecule has 0 aliphatic rings. The molecule has 1 atom stereocenters. The van der Waals surface area contributed by atoms with Gasteiger partial charge in [0.1, 0.15) is 0 Å². The first kappa shape index (κ1) is 12.9. The van der Waals surface area contributed by atoms with Crippen LogP contribution in [0.25, 0.3) is 0 Å². The highest BCUT2D eigenvalue weighted by atomic mass is 35.5. The van der Waals surface area contributed by atoms with Crippen LogP contribution in [0.1, 0.15) is 6.92 Å². The Hall–Kier alpha value is -0.150. The summed E-state index contributed by atoms with van der Waals surface area (Å²) in [5.41, 5.74) is 0.687. The summed E-state index contributed by atoms with van der Waals surface area (Å²) in [5.74, 6) is 0. The van der Waals surface area contributed by atoms with Crippen molar-refractivity contribution in [3.8, 4) is 0 Å². The molecule has 2 nitrogen and oxygen atoms in total. The lowest BCUT2D eigenvalue weighted by molar-refractivity contribution is 0.129. The normalized spacial score (nSPS) is 12.6. The molecule has 1 rings (SSSR count). The van der Waals surface area contributed by atoms with Gasteiger partial charge >= 0.3 is 0 Å². The highest BCUT2D eigenvalue weighted by Gasteiger charge is 2.08. The molecule has 0 heterocycles. The van der Waals surface area contributed by atoms with Crippen LogP contribution in [-0.4, -0.2) is 19.8 Å². The Morgan fingerprint density at radius 2 is 1.80 bits per heavy atom. The average Bonchev–Trinajstić information content (AvgIpc) is 2.15. The maximum absolute atomic E-state index is 5.99. The Morgan fingerprint density at radius 3 is 2.27 bits per heavy atom. The lowest BCUT2D eigenvalue weighted by atomic mass is 10.3. The Labute approximate surface area is 104 Å². The number of methoxy groups -OCH3 is 1. The van der Waals surface area contributed by atoms with Crippen LogP contribution < -0.4 is 5.32 Å². The first-order valence-electron chi connectivity index (χ1n) is 4.45. The third kappa shape index (κ3) is 3.72. The minimum Gasteiger partial charge on any atom is -0.380 e. The van der Waals surface area contributed by atoms with E-state index in [-0.39, 0.29) is 6.10 Å². The maximum Gasteiger partial charge on any atom is 0.0720 e. The first-order chi connectivity index (χ1) is 7.04. The second-order valence-corrected chi connectivity index (χ2v) is 4.42. The fourth-order valence-electron chi connectivity index (χ4n) is 1.04. The smallest absolute Gasteiger partial charge is 0.0720 e. The van der Waals surface area contributed by atoms with Gasteiger partial charge in [0.25, 0.3) is 0 Å². The van der Waals surface area contributed by atoms with Crippen molar-refractivity contribution in [2.45, 2.75) is 13.0 Å². The summed E-state index contributed by atoms with van der Waals surface area (Å²) >= 11 is 17.8. The summed E-state index contributed by atoms with van der Waals surface area (Å²) in [6.45, 7) is 2.59. The van der Waals surface area contributed by atoms with Crippen molar-refractivity contribution in [1.82, 2.24) is 0 Å². The standard InChI is InChI=1S/C10H12Cl3NO/c1-6(15-2)5-14-10-8(12)3-7(11)4-9(10)13/h3-4,6,14H,5H2,1-2H3. The molecule has 15 heavy (non-hydrogen) atoms. The number of halogens is 3. The SMILES string of the molecule is COC(C)CNc1c(Cl)cc(Cl)cc1Cl. The number of ether oxygens (including phenoxy) is 1. The molecule has 0 amide bonds. The van der Waals surface area contributed by atoms with E-state index in [1.54, 1.807) is 19.2 Å². The fourth-order valence-corrected chi connectivity index (χ4v) is 1.99. The van der Waals surface area contributed by atoms with Crippen LogP contribution in [-0.2, 0) is 4.74 Å². The van der Waals surface area contributed by atoms with Crippen molar-refractivity contribution in [2.75, 3.05) is 19.0 Å². The molecular formula is C10H12Cl3NO. The quantitative estimate of drug-likeness (QED) is 0.888. The highest BCUT2D eigenvalue weighted by Crippen LogP contribution is 2.33. The van der Waals surface area contributed by atoms with Crippen molar-refractivity contribution in [3.63, 3.8) is 0 Å². The van der Waals surface area contributed by atoms with Gasteiger partial charge in [0.2, 0.25) is 0 Å². The van der Waals surface area contributed by atoms with Crippen molar-refractivity contribution in [1.29, 1.82) is 0 Å². The Balaban J connectivity index is 2.77. The molecule has 0 radical (unpaired) electrons. The maximum atomic E-state index is 5.99. The van der Waals surface area contributed by atoms with Gasteiger partial charge in [-0.05, 0) is 19.1 Å². The first-order valence-corrected chi connectivity index (χ1v) is 5.59. The molecule has 5 heteroatoms. The van der Waals surface area contributed by atoms with Gasteiger partial charge in [0, 0.05) is 18.7 Å². The number of rotatable bonds is 4. The molecular weight excluding hydrogens is 256 g/mol.